The number of carbonyl (C=O) groups is 2. The molecule has 43 heavy (non-hydrogen) atoms. The van der Waals surface area contributed by atoms with Crippen LogP contribution in [0.5, 0.6) is 0 Å². The van der Waals surface area contributed by atoms with Gasteiger partial charge in [-0.05, 0) is 12.1 Å². The van der Waals surface area contributed by atoms with Gasteiger partial charge in [0, 0.05) is 22.3 Å². The number of H-pyrrole nitrogens is 1. The molecule has 1 fully saturated rings. The van der Waals surface area contributed by atoms with E-state index in [9.17, 15) is 34.4 Å². The minimum Gasteiger partial charge on any atom is -0.387 e. The molecule has 0 radical (unpaired) electrons. The molecule has 17 heteroatoms. The van der Waals surface area contributed by atoms with Crippen LogP contribution < -0.4 is 5.56 Å². The van der Waals surface area contributed by atoms with Crippen LogP contribution in [-0.4, -0.2) is 84.7 Å². The Balaban J connectivity index is 1.73. The van der Waals surface area contributed by atoms with E-state index < -0.39 is 54.7 Å². The predicted molar refractivity (Wildman–Crippen MR) is 159 cm³/mol. The lowest BCUT2D eigenvalue weighted by atomic mass is 9.92. The quantitative estimate of drug-likeness (QED) is 0.221. The lowest BCUT2D eigenvalue weighted by Gasteiger charge is -2.24. The average Bonchev–Trinajstić information content (AvgIpc) is 3.47. The van der Waals surface area contributed by atoms with Crippen molar-refractivity contribution in [1.29, 1.82) is 5.26 Å². The molecule has 2 aromatic heterocycles. The van der Waals surface area contributed by atoms with Crippen molar-refractivity contribution >= 4 is 47.1 Å². The van der Waals surface area contributed by atoms with Crippen molar-refractivity contribution in [2.45, 2.75) is 65.5 Å². The van der Waals surface area contributed by atoms with Gasteiger partial charge in [-0.3, -0.25) is 28.0 Å². The van der Waals surface area contributed by atoms with Gasteiger partial charge in [0.05, 0.1) is 25.5 Å². The van der Waals surface area contributed by atoms with Gasteiger partial charge in [0.15, 0.2) is 10.2 Å². The maximum atomic E-state index is 13.5. The number of hydrogen-bond acceptors (Lipinski definition) is 14. The average molecular weight is 661 g/mol. The molecule has 4 atom stereocenters. The van der Waals surface area contributed by atoms with E-state index in [1.807, 2.05) is 6.07 Å². The van der Waals surface area contributed by atoms with Crippen LogP contribution >= 0.6 is 31.3 Å². The van der Waals surface area contributed by atoms with E-state index in [0.717, 1.165) is 34.4 Å². The van der Waals surface area contributed by atoms with Crippen LogP contribution in [0.4, 0.5) is 0 Å². The number of aromatic nitrogens is 3. The van der Waals surface area contributed by atoms with Gasteiger partial charge in [0.25, 0.3) is 5.56 Å². The highest BCUT2D eigenvalue weighted by atomic mass is 32.2. The second kappa shape index (κ2) is 13.9. The van der Waals surface area contributed by atoms with E-state index in [2.05, 4.69) is 10.1 Å². The highest BCUT2D eigenvalue weighted by Gasteiger charge is 2.58. The molecule has 0 aliphatic carbocycles. The van der Waals surface area contributed by atoms with Gasteiger partial charge in [-0.15, -0.1) is 0 Å². The Morgan fingerprint density at radius 2 is 1.65 bits per heavy atom. The number of ether oxygens (including phenoxy) is 1. The molecule has 0 unspecified atom stereocenters. The van der Waals surface area contributed by atoms with Crippen molar-refractivity contribution in [2.24, 2.45) is 10.8 Å². The number of nitrogens with one attached hydrogen (secondary N) is 1. The largest absolute Gasteiger partial charge is 0.474 e. The Morgan fingerprint density at radius 3 is 2.16 bits per heavy atom. The van der Waals surface area contributed by atoms with Gasteiger partial charge in [0.2, 0.25) is 5.60 Å². The molecular weight excluding hydrogens is 623 g/mol. The lowest BCUT2D eigenvalue weighted by molar-refractivity contribution is -0.118. The molecule has 3 heterocycles. The highest BCUT2D eigenvalue weighted by molar-refractivity contribution is 8.14. The highest BCUT2D eigenvalue weighted by Crippen LogP contribution is 2.51. The van der Waals surface area contributed by atoms with Crippen LogP contribution in [0.15, 0.2) is 23.3 Å². The van der Waals surface area contributed by atoms with Crippen LogP contribution in [0.3, 0.4) is 0 Å². The van der Waals surface area contributed by atoms with Crippen LogP contribution in [0.2, 0.25) is 0 Å². The number of rotatable bonds is 12. The normalized spacial score (nSPS) is 23.0. The van der Waals surface area contributed by atoms with E-state index in [-0.39, 0.29) is 46.2 Å². The molecule has 0 aromatic carbocycles. The SMILES string of the molecule is CC(C)(C)C(=O)SCCOP(=O)(OCCSC(=O)C(C)(C)C)OC[C@H]1O[C@@](C#N)(c2ccc3c(=O)[nH]cnn23)[C@H](O)[C@@H]1O. The molecule has 0 amide bonds. The maximum Gasteiger partial charge on any atom is 0.474 e. The summed E-state index contributed by atoms with van der Waals surface area (Å²) in [6.45, 7) is 9.61. The van der Waals surface area contributed by atoms with Gasteiger partial charge in [-0.1, -0.05) is 65.1 Å². The molecule has 238 valence electrons. The van der Waals surface area contributed by atoms with Gasteiger partial charge in [-0.25, -0.2) is 9.08 Å². The molecule has 3 N–H and O–H groups in total. The number of aliphatic hydroxyl groups excluding tert-OH is 2. The monoisotopic (exact) mass is 660 g/mol. The van der Waals surface area contributed by atoms with Crippen molar-refractivity contribution in [3.8, 4) is 6.07 Å². The minimum absolute atomic E-state index is 0.0121. The number of hydrogen-bond donors (Lipinski definition) is 3. The molecule has 3 rings (SSSR count). The summed E-state index contributed by atoms with van der Waals surface area (Å²) in [5.41, 5.74) is -3.76. The first-order chi connectivity index (χ1) is 19.9. The first kappa shape index (κ1) is 35.4. The summed E-state index contributed by atoms with van der Waals surface area (Å²) in [4.78, 5) is 39.0. The number of carbonyl (C=O) groups excluding carboxylic acids is 2. The Labute approximate surface area is 257 Å². The third-order valence-electron chi connectivity index (χ3n) is 6.22. The lowest BCUT2D eigenvalue weighted by Crippen LogP contribution is -2.41. The molecule has 1 aliphatic heterocycles. The van der Waals surface area contributed by atoms with E-state index in [0.29, 0.717) is 0 Å². The number of aliphatic hydroxyl groups is 2. The Kier molecular flexibility index (Phi) is 11.5. The smallest absolute Gasteiger partial charge is 0.387 e. The Hall–Kier alpha value is -2.06. The number of phosphoric ester groups is 1. The van der Waals surface area contributed by atoms with Crippen molar-refractivity contribution < 1.29 is 42.7 Å². The zero-order valence-corrected chi connectivity index (χ0v) is 27.3. The summed E-state index contributed by atoms with van der Waals surface area (Å²) in [6.07, 6.45) is -3.75. The first-order valence-corrected chi connectivity index (χ1v) is 16.8. The summed E-state index contributed by atoms with van der Waals surface area (Å²) in [6, 6.07) is 4.61. The van der Waals surface area contributed by atoms with Gasteiger partial charge < -0.3 is 19.9 Å². The molecule has 0 saturated carbocycles. The van der Waals surface area contributed by atoms with Gasteiger partial charge >= 0.3 is 7.82 Å². The molecule has 0 bridgehead atoms. The number of nitriles is 1. The summed E-state index contributed by atoms with van der Waals surface area (Å²) < 4.78 is 36.8. The van der Waals surface area contributed by atoms with Crippen molar-refractivity contribution in [3.05, 3.63) is 34.5 Å². The third kappa shape index (κ3) is 8.36. The second-order valence-electron chi connectivity index (χ2n) is 11.8. The Bertz CT molecular complexity index is 1420. The number of fused-ring (bicyclic) bond motifs is 1. The van der Waals surface area contributed by atoms with Crippen molar-refractivity contribution in [1.82, 2.24) is 14.6 Å². The van der Waals surface area contributed by atoms with E-state index in [1.165, 1.54) is 12.1 Å². The molecule has 1 aliphatic rings. The zero-order valence-electron chi connectivity index (χ0n) is 24.8. The van der Waals surface area contributed by atoms with Crippen molar-refractivity contribution in [2.75, 3.05) is 31.3 Å². The van der Waals surface area contributed by atoms with Crippen LogP contribution in [-0.2, 0) is 38.1 Å². The first-order valence-electron chi connectivity index (χ1n) is 13.3. The predicted octanol–water partition coefficient (Wildman–Crippen LogP) is 2.63. The maximum absolute atomic E-state index is 13.5. The Morgan fingerprint density at radius 1 is 1.09 bits per heavy atom. The summed E-state index contributed by atoms with van der Waals surface area (Å²) >= 11 is 1.99. The fourth-order valence-electron chi connectivity index (χ4n) is 3.82. The van der Waals surface area contributed by atoms with Crippen LogP contribution in [0.1, 0.15) is 47.2 Å². The number of phosphoric acid groups is 1. The van der Waals surface area contributed by atoms with E-state index in [1.54, 1.807) is 41.5 Å². The molecule has 1 saturated heterocycles. The van der Waals surface area contributed by atoms with Crippen molar-refractivity contribution in [3.63, 3.8) is 0 Å². The summed E-state index contributed by atoms with van der Waals surface area (Å²) in [5, 5.41) is 35.6. The number of thioether (sulfide) groups is 2. The summed E-state index contributed by atoms with van der Waals surface area (Å²) in [5.74, 6) is 0.298. The fraction of sp³-hybridized carbons (Fsp3) is 0.654. The second-order valence-corrected chi connectivity index (χ2v) is 15.6. The number of nitrogens with zero attached hydrogens (tertiary/aromatic N) is 3. The van der Waals surface area contributed by atoms with Crippen LogP contribution in [0.25, 0.3) is 5.52 Å². The summed E-state index contributed by atoms with van der Waals surface area (Å²) in [7, 11) is -4.34. The van der Waals surface area contributed by atoms with Gasteiger partial charge in [0.1, 0.15) is 36.2 Å². The van der Waals surface area contributed by atoms with Crippen LogP contribution in [0, 0.1) is 22.2 Å². The molecule has 2 aromatic rings. The number of aromatic amines is 1. The fourth-order valence-corrected chi connectivity index (χ4v) is 6.82. The molecule has 0 spiro atoms. The molecule has 14 nitrogen and oxygen atoms in total. The molecular formula is C26H37N4O10PS2. The standard InChI is InChI=1S/C26H37N4O10PS2/c1-24(2,3)22(34)42-11-9-37-41(36,38-10-12-43-23(35)25(4,5)6)39-13-17-19(31)20(32)26(14-27,40-17)18-8-7-16-21(33)28-15-29-30(16)18/h7-8,15,17,19-20,31-32H,9-13H2,1-6H3,(H,28,29,33)/t17-,19-,20-,26+/m1/s1. The zero-order chi connectivity index (χ0) is 32.2. The van der Waals surface area contributed by atoms with E-state index >= 15 is 0 Å². The minimum atomic E-state index is -4.34. The van der Waals surface area contributed by atoms with Gasteiger partial charge in [-0.2, -0.15) is 10.4 Å². The van der Waals surface area contributed by atoms with E-state index in [4.69, 9.17) is 18.3 Å². The topological polar surface area (TPSA) is 203 Å². The third-order valence-corrected chi connectivity index (χ3v) is 10.2.